The van der Waals surface area contributed by atoms with Crippen LogP contribution >= 0.6 is 0 Å². The Morgan fingerprint density at radius 3 is 2.38 bits per heavy atom. The van der Waals surface area contributed by atoms with Crippen LogP contribution in [0.5, 0.6) is 0 Å². The largest absolute Gasteiger partial charge is 0.481 e. The van der Waals surface area contributed by atoms with E-state index in [4.69, 9.17) is 5.11 Å². The van der Waals surface area contributed by atoms with Crippen molar-refractivity contribution in [3.63, 3.8) is 0 Å². The third kappa shape index (κ3) is 3.47. The molecule has 1 aliphatic heterocycles. The van der Waals surface area contributed by atoms with Crippen molar-refractivity contribution in [2.24, 2.45) is 11.8 Å². The van der Waals surface area contributed by atoms with Gasteiger partial charge in [-0.1, -0.05) is 32.0 Å². The van der Waals surface area contributed by atoms with E-state index in [1.807, 2.05) is 13.8 Å². The number of carboxylic acid groups (broad SMARTS) is 1. The Balaban J connectivity index is 1.98. The second-order valence-corrected chi connectivity index (χ2v) is 7.18. The zero-order valence-electron chi connectivity index (χ0n) is 15.0. The van der Waals surface area contributed by atoms with Gasteiger partial charge in [0.05, 0.1) is 11.3 Å². The minimum atomic E-state index is -0.814. The van der Waals surface area contributed by atoms with Crippen LogP contribution in [0.4, 0.5) is 0 Å². The third-order valence-corrected chi connectivity index (χ3v) is 4.74. The topological polar surface area (TPSA) is 92.5 Å². The Morgan fingerprint density at radius 2 is 1.81 bits per heavy atom. The van der Waals surface area contributed by atoms with Crippen molar-refractivity contribution in [1.29, 1.82) is 0 Å². The quantitative estimate of drug-likeness (QED) is 0.903. The molecule has 1 aromatic heterocycles. The summed E-state index contributed by atoms with van der Waals surface area (Å²) < 4.78 is 1.37. The number of likely N-dealkylation sites (tertiary alicyclic amines) is 1. The van der Waals surface area contributed by atoms with Crippen molar-refractivity contribution in [2.45, 2.75) is 33.2 Å². The zero-order valence-corrected chi connectivity index (χ0v) is 15.0. The molecule has 1 saturated heterocycles. The maximum Gasteiger partial charge on any atom is 0.306 e. The van der Waals surface area contributed by atoms with Crippen molar-refractivity contribution < 1.29 is 14.7 Å². The van der Waals surface area contributed by atoms with Crippen molar-refractivity contribution in [3.05, 3.63) is 40.3 Å². The SMILES string of the molecule is CC(C)Cn1nc(C(=O)N2CCC(C(=O)O)CC2)c2ccccc2c1=O. The van der Waals surface area contributed by atoms with Gasteiger partial charge in [-0.15, -0.1) is 0 Å². The van der Waals surface area contributed by atoms with E-state index < -0.39 is 11.9 Å². The average molecular weight is 357 g/mol. The lowest BCUT2D eigenvalue weighted by molar-refractivity contribution is -0.143. The molecule has 1 aliphatic rings. The van der Waals surface area contributed by atoms with Gasteiger partial charge < -0.3 is 10.0 Å². The molecule has 1 N–H and O–H groups in total. The molecule has 2 aromatic rings. The summed E-state index contributed by atoms with van der Waals surface area (Å²) in [4.78, 5) is 38.4. The second kappa shape index (κ2) is 7.27. The van der Waals surface area contributed by atoms with Crippen molar-refractivity contribution in [1.82, 2.24) is 14.7 Å². The van der Waals surface area contributed by atoms with Crippen LogP contribution < -0.4 is 5.56 Å². The number of aliphatic carboxylic acids is 1. The molecule has 26 heavy (non-hydrogen) atoms. The first-order chi connectivity index (χ1) is 12.4. The summed E-state index contributed by atoms with van der Waals surface area (Å²) in [6.45, 7) is 5.18. The van der Waals surface area contributed by atoms with Gasteiger partial charge in [-0.25, -0.2) is 4.68 Å². The number of piperidine rings is 1. The van der Waals surface area contributed by atoms with E-state index in [9.17, 15) is 14.4 Å². The van der Waals surface area contributed by atoms with E-state index in [0.717, 1.165) is 0 Å². The summed E-state index contributed by atoms with van der Waals surface area (Å²) in [6, 6.07) is 7.00. The molecule has 0 saturated carbocycles. The molecule has 1 aromatic carbocycles. The summed E-state index contributed by atoms with van der Waals surface area (Å²) in [5.41, 5.74) is 0.0602. The van der Waals surface area contributed by atoms with E-state index in [0.29, 0.717) is 43.2 Å². The maximum absolute atomic E-state index is 13.0. The van der Waals surface area contributed by atoms with Gasteiger partial charge in [0.2, 0.25) is 0 Å². The second-order valence-electron chi connectivity index (χ2n) is 7.18. The lowest BCUT2D eigenvalue weighted by Crippen LogP contribution is -2.41. The number of hydrogen-bond acceptors (Lipinski definition) is 4. The van der Waals surface area contributed by atoms with Crippen molar-refractivity contribution >= 4 is 22.6 Å². The summed E-state index contributed by atoms with van der Waals surface area (Å²) >= 11 is 0. The Labute approximate surface area is 151 Å². The van der Waals surface area contributed by atoms with E-state index >= 15 is 0 Å². The number of hydrogen-bond donors (Lipinski definition) is 1. The van der Waals surface area contributed by atoms with Gasteiger partial charge in [-0.05, 0) is 24.8 Å². The minimum absolute atomic E-state index is 0.199. The average Bonchev–Trinajstić information content (AvgIpc) is 2.63. The summed E-state index contributed by atoms with van der Waals surface area (Å²) in [5, 5.41) is 14.5. The molecule has 0 bridgehead atoms. The summed E-state index contributed by atoms with van der Waals surface area (Å²) in [6.07, 6.45) is 0.870. The third-order valence-electron chi connectivity index (χ3n) is 4.74. The molecule has 2 heterocycles. The minimum Gasteiger partial charge on any atom is -0.481 e. The standard InChI is InChI=1S/C19H23N3O4/c1-12(2)11-22-17(23)15-6-4-3-5-14(15)16(20-22)18(24)21-9-7-13(8-10-21)19(25)26/h3-6,12-13H,7-11H2,1-2H3,(H,25,26). The highest BCUT2D eigenvalue weighted by Crippen LogP contribution is 2.21. The molecule has 0 atom stereocenters. The van der Waals surface area contributed by atoms with Crippen LogP contribution in [0.25, 0.3) is 10.8 Å². The van der Waals surface area contributed by atoms with Crippen LogP contribution in [-0.4, -0.2) is 44.8 Å². The molecule has 7 heteroatoms. The lowest BCUT2D eigenvalue weighted by Gasteiger charge is -2.30. The molecular weight excluding hydrogens is 334 g/mol. The van der Waals surface area contributed by atoms with Gasteiger partial charge >= 0.3 is 5.97 Å². The molecule has 3 rings (SSSR count). The fourth-order valence-corrected chi connectivity index (χ4v) is 3.34. The first-order valence-electron chi connectivity index (χ1n) is 8.90. The molecule has 0 aliphatic carbocycles. The maximum atomic E-state index is 13.0. The fraction of sp³-hybridized carbons (Fsp3) is 0.474. The van der Waals surface area contributed by atoms with Crippen molar-refractivity contribution in [3.8, 4) is 0 Å². The van der Waals surface area contributed by atoms with Crippen LogP contribution in [0.3, 0.4) is 0 Å². The fourth-order valence-electron chi connectivity index (χ4n) is 3.34. The van der Waals surface area contributed by atoms with Gasteiger partial charge in [0.1, 0.15) is 0 Å². The molecule has 7 nitrogen and oxygen atoms in total. The first-order valence-corrected chi connectivity index (χ1v) is 8.90. The molecule has 1 amide bonds. The number of aromatic nitrogens is 2. The summed E-state index contributed by atoms with van der Waals surface area (Å²) in [7, 11) is 0. The number of fused-ring (bicyclic) bond motifs is 1. The zero-order chi connectivity index (χ0) is 18.8. The van der Waals surface area contributed by atoms with Crippen molar-refractivity contribution in [2.75, 3.05) is 13.1 Å². The van der Waals surface area contributed by atoms with Crippen LogP contribution in [0.15, 0.2) is 29.1 Å². The number of nitrogens with zero attached hydrogens (tertiary/aromatic N) is 3. The number of carbonyl (C=O) groups is 2. The number of benzene rings is 1. The first kappa shape index (κ1) is 18.1. The molecular formula is C19H23N3O4. The van der Waals surface area contributed by atoms with Gasteiger partial charge in [-0.2, -0.15) is 5.10 Å². The highest BCUT2D eigenvalue weighted by atomic mass is 16.4. The monoisotopic (exact) mass is 357 g/mol. The van der Waals surface area contributed by atoms with Crippen LogP contribution in [0, 0.1) is 11.8 Å². The Hall–Kier alpha value is -2.70. The Bertz CT molecular complexity index is 895. The van der Waals surface area contributed by atoms with Crippen LogP contribution in [0.2, 0.25) is 0 Å². The van der Waals surface area contributed by atoms with Gasteiger partial charge in [0.15, 0.2) is 5.69 Å². The molecule has 138 valence electrons. The number of rotatable bonds is 4. The normalized spacial score (nSPS) is 15.6. The van der Waals surface area contributed by atoms with Crippen LogP contribution in [-0.2, 0) is 11.3 Å². The molecule has 0 unspecified atom stereocenters. The van der Waals surface area contributed by atoms with E-state index in [2.05, 4.69) is 5.10 Å². The molecule has 0 spiro atoms. The van der Waals surface area contributed by atoms with Gasteiger partial charge in [0, 0.05) is 25.0 Å². The number of carbonyl (C=O) groups excluding carboxylic acids is 1. The highest BCUT2D eigenvalue weighted by molar-refractivity contribution is 6.04. The van der Waals surface area contributed by atoms with E-state index in [1.165, 1.54) is 4.68 Å². The predicted molar refractivity (Wildman–Crippen MR) is 97.1 cm³/mol. The molecule has 0 radical (unpaired) electrons. The highest BCUT2D eigenvalue weighted by Gasteiger charge is 2.29. The van der Waals surface area contributed by atoms with Gasteiger partial charge in [0.25, 0.3) is 11.5 Å². The molecule has 1 fully saturated rings. The summed E-state index contributed by atoms with van der Waals surface area (Å²) in [5.74, 6) is -1.25. The Morgan fingerprint density at radius 1 is 1.19 bits per heavy atom. The predicted octanol–water partition coefficient (Wildman–Crippen LogP) is 1.99. The Kier molecular flexibility index (Phi) is 5.06. The van der Waals surface area contributed by atoms with Gasteiger partial charge in [-0.3, -0.25) is 14.4 Å². The number of carboxylic acids is 1. The van der Waals surface area contributed by atoms with E-state index in [1.54, 1.807) is 29.2 Å². The van der Waals surface area contributed by atoms with E-state index in [-0.39, 0.29) is 23.1 Å². The number of amides is 1. The smallest absolute Gasteiger partial charge is 0.306 e. The van der Waals surface area contributed by atoms with Crippen LogP contribution in [0.1, 0.15) is 37.2 Å². The lowest BCUT2D eigenvalue weighted by atomic mass is 9.96.